The van der Waals surface area contributed by atoms with Crippen LogP contribution in [0.25, 0.3) is 0 Å². The van der Waals surface area contributed by atoms with E-state index < -0.39 is 0 Å². The number of carbonyl (C=O) groups excluding carboxylic acids is 2. The topological polar surface area (TPSA) is 67.4 Å². The third-order valence-corrected chi connectivity index (χ3v) is 2.63. The van der Waals surface area contributed by atoms with Gasteiger partial charge in [-0.3, -0.25) is 9.59 Å². The van der Waals surface area contributed by atoms with Crippen LogP contribution in [0.4, 0.5) is 0 Å². The molecule has 0 aliphatic heterocycles. The summed E-state index contributed by atoms with van der Waals surface area (Å²) in [5.41, 5.74) is 1.78. The number of rotatable bonds is 7. The molecule has 1 aromatic rings. The number of amides is 1. The second-order valence-electron chi connectivity index (χ2n) is 4.20. The smallest absolute Gasteiger partial charge is 0.306 e. The lowest BCUT2D eigenvalue weighted by Gasteiger charge is -2.06. The summed E-state index contributed by atoms with van der Waals surface area (Å²) in [4.78, 5) is 22.6. The number of benzene rings is 1. The Labute approximate surface area is 113 Å². The summed E-state index contributed by atoms with van der Waals surface area (Å²) in [6.45, 7) is 3.67. The lowest BCUT2D eigenvalue weighted by molar-refractivity contribution is -0.140. The summed E-state index contributed by atoms with van der Waals surface area (Å²) in [5.74, 6) is -0.328. The lowest BCUT2D eigenvalue weighted by atomic mass is 10.1. The molecule has 5 nitrogen and oxygen atoms in total. The third kappa shape index (κ3) is 6.01. The standard InChI is InChI=1S/C14H20N2O3/c1-11-3-5-12(6-4-11)14(18)16-10-9-15-8-7-13(17)19-2/h3-6,15H,7-10H2,1-2H3,(H,16,18). The molecule has 0 heterocycles. The molecule has 0 fully saturated rings. The Balaban J connectivity index is 2.14. The molecule has 19 heavy (non-hydrogen) atoms. The van der Waals surface area contributed by atoms with Gasteiger partial charge >= 0.3 is 5.97 Å². The van der Waals surface area contributed by atoms with Gasteiger partial charge in [-0.1, -0.05) is 17.7 Å². The molecule has 0 saturated heterocycles. The molecular weight excluding hydrogens is 244 g/mol. The van der Waals surface area contributed by atoms with E-state index in [9.17, 15) is 9.59 Å². The predicted molar refractivity (Wildman–Crippen MR) is 73.0 cm³/mol. The molecule has 0 aliphatic carbocycles. The Morgan fingerprint density at radius 2 is 1.79 bits per heavy atom. The van der Waals surface area contributed by atoms with Gasteiger partial charge in [-0.05, 0) is 19.1 Å². The highest BCUT2D eigenvalue weighted by Crippen LogP contribution is 2.02. The normalized spacial score (nSPS) is 10.0. The zero-order chi connectivity index (χ0) is 14.1. The lowest BCUT2D eigenvalue weighted by Crippen LogP contribution is -2.32. The van der Waals surface area contributed by atoms with Gasteiger partial charge in [-0.15, -0.1) is 0 Å². The quantitative estimate of drug-likeness (QED) is 0.566. The second kappa shape index (κ2) is 8.26. The molecule has 0 spiro atoms. The maximum atomic E-state index is 11.7. The maximum absolute atomic E-state index is 11.7. The molecule has 1 rings (SSSR count). The van der Waals surface area contributed by atoms with E-state index >= 15 is 0 Å². The number of nitrogens with one attached hydrogen (secondary N) is 2. The summed E-state index contributed by atoms with van der Waals surface area (Å²) in [5, 5.41) is 5.85. The van der Waals surface area contributed by atoms with Crippen LogP contribution in [0.2, 0.25) is 0 Å². The fraction of sp³-hybridized carbons (Fsp3) is 0.429. The van der Waals surface area contributed by atoms with Crippen LogP contribution in [0, 0.1) is 6.92 Å². The number of carbonyl (C=O) groups is 2. The molecule has 5 heteroatoms. The molecule has 1 aromatic carbocycles. The highest BCUT2D eigenvalue weighted by atomic mass is 16.5. The molecule has 0 saturated carbocycles. The fourth-order valence-corrected chi connectivity index (χ4v) is 1.49. The zero-order valence-corrected chi connectivity index (χ0v) is 11.4. The van der Waals surface area contributed by atoms with Crippen LogP contribution in [0.5, 0.6) is 0 Å². The van der Waals surface area contributed by atoms with E-state index in [1.165, 1.54) is 7.11 Å². The number of aryl methyl sites for hydroxylation is 1. The van der Waals surface area contributed by atoms with Gasteiger partial charge in [0, 0.05) is 25.2 Å². The number of hydrogen-bond donors (Lipinski definition) is 2. The molecule has 0 radical (unpaired) electrons. The Kier molecular flexibility index (Phi) is 6.60. The zero-order valence-electron chi connectivity index (χ0n) is 11.4. The first-order valence-electron chi connectivity index (χ1n) is 6.26. The van der Waals surface area contributed by atoms with Crippen molar-refractivity contribution in [2.45, 2.75) is 13.3 Å². The average Bonchev–Trinajstić information content (AvgIpc) is 2.42. The van der Waals surface area contributed by atoms with Crippen LogP contribution in [0.15, 0.2) is 24.3 Å². The molecular formula is C14H20N2O3. The summed E-state index contributed by atoms with van der Waals surface area (Å²) >= 11 is 0. The van der Waals surface area contributed by atoms with Crippen LogP contribution in [-0.4, -0.2) is 38.6 Å². The largest absolute Gasteiger partial charge is 0.469 e. The maximum Gasteiger partial charge on any atom is 0.306 e. The molecule has 0 unspecified atom stereocenters. The van der Waals surface area contributed by atoms with Crippen molar-refractivity contribution in [3.63, 3.8) is 0 Å². The molecule has 104 valence electrons. The Morgan fingerprint density at radius 1 is 1.11 bits per heavy atom. The number of methoxy groups -OCH3 is 1. The van der Waals surface area contributed by atoms with Crippen molar-refractivity contribution in [3.05, 3.63) is 35.4 Å². The molecule has 0 bridgehead atoms. The molecule has 1 amide bonds. The van der Waals surface area contributed by atoms with E-state index in [0.29, 0.717) is 31.6 Å². The number of esters is 1. The van der Waals surface area contributed by atoms with Crippen LogP contribution < -0.4 is 10.6 Å². The van der Waals surface area contributed by atoms with Gasteiger partial charge in [0.1, 0.15) is 0 Å². The minimum atomic E-state index is -0.240. The predicted octanol–water partition coefficient (Wildman–Crippen LogP) is 0.878. The Hall–Kier alpha value is -1.88. The van der Waals surface area contributed by atoms with Gasteiger partial charge in [0.15, 0.2) is 0 Å². The van der Waals surface area contributed by atoms with Gasteiger partial charge in [-0.25, -0.2) is 0 Å². The Morgan fingerprint density at radius 3 is 2.42 bits per heavy atom. The summed E-state index contributed by atoms with van der Waals surface area (Å²) < 4.78 is 4.51. The highest BCUT2D eigenvalue weighted by molar-refractivity contribution is 5.94. The fourth-order valence-electron chi connectivity index (χ4n) is 1.49. The highest BCUT2D eigenvalue weighted by Gasteiger charge is 2.03. The van der Waals surface area contributed by atoms with Crippen LogP contribution in [0.1, 0.15) is 22.3 Å². The SMILES string of the molecule is COC(=O)CCNCCNC(=O)c1ccc(C)cc1. The van der Waals surface area contributed by atoms with Gasteiger partial charge in [0.2, 0.25) is 0 Å². The summed E-state index contributed by atoms with van der Waals surface area (Å²) in [6, 6.07) is 7.41. The van der Waals surface area contributed by atoms with Crippen molar-refractivity contribution in [1.82, 2.24) is 10.6 Å². The van der Waals surface area contributed by atoms with Gasteiger partial charge in [-0.2, -0.15) is 0 Å². The first-order chi connectivity index (χ1) is 9.13. The molecule has 2 N–H and O–H groups in total. The Bertz CT molecular complexity index is 415. The van der Waals surface area contributed by atoms with Crippen LogP contribution >= 0.6 is 0 Å². The van der Waals surface area contributed by atoms with Gasteiger partial charge in [0.25, 0.3) is 5.91 Å². The number of hydrogen-bond acceptors (Lipinski definition) is 4. The minimum Gasteiger partial charge on any atom is -0.469 e. The third-order valence-electron chi connectivity index (χ3n) is 2.63. The second-order valence-corrected chi connectivity index (χ2v) is 4.20. The van der Waals surface area contributed by atoms with Crippen molar-refractivity contribution < 1.29 is 14.3 Å². The minimum absolute atomic E-state index is 0.0882. The number of ether oxygens (including phenoxy) is 1. The first kappa shape index (κ1) is 15.2. The van der Waals surface area contributed by atoms with Crippen molar-refractivity contribution in [3.8, 4) is 0 Å². The van der Waals surface area contributed by atoms with Crippen molar-refractivity contribution >= 4 is 11.9 Å². The van der Waals surface area contributed by atoms with Crippen LogP contribution in [-0.2, 0) is 9.53 Å². The van der Waals surface area contributed by atoms with E-state index in [0.717, 1.165) is 5.56 Å². The molecule has 0 aromatic heterocycles. The van der Waals surface area contributed by atoms with E-state index in [-0.39, 0.29) is 11.9 Å². The van der Waals surface area contributed by atoms with E-state index in [1.807, 2.05) is 19.1 Å². The average molecular weight is 264 g/mol. The van der Waals surface area contributed by atoms with E-state index in [1.54, 1.807) is 12.1 Å². The van der Waals surface area contributed by atoms with E-state index in [4.69, 9.17) is 0 Å². The van der Waals surface area contributed by atoms with E-state index in [2.05, 4.69) is 15.4 Å². The van der Waals surface area contributed by atoms with Gasteiger partial charge in [0.05, 0.1) is 13.5 Å². The monoisotopic (exact) mass is 264 g/mol. The van der Waals surface area contributed by atoms with Crippen LogP contribution in [0.3, 0.4) is 0 Å². The van der Waals surface area contributed by atoms with Crippen molar-refractivity contribution in [2.75, 3.05) is 26.7 Å². The van der Waals surface area contributed by atoms with Gasteiger partial charge < -0.3 is 15.4 Å². The van der Waals surface area contributed by atoms with Crippen molar-refractivity contribution in [2.24, 2.45) is 0 Å². The molecule has 0 aliphatic rings. The molecule has 0 atom stereocenters. The van der Waals surface area contributed by atoms with Crippen molar-refractivity contribution in [1.29, 1.82) is 0 Å². The summed E-state index contributed by atoms with van der Waals surface area (Å²) in [7, 11) is 1.37. The summed E-state index contributed by atoms with van der Waals surface area (Å²) in [6.07, 6.45) is 0.336. The first-order valence-corrected chi connectivity index (χ1v) is 6.26.